The van der Waals surface area contributed by atoms with Crippen LogP contribution in [0, 0.1) is 6.92 Å². The summed E-state index contributed by atoms with van der Waals surface area (Å²) in [6.45, 7) is 4.26. The molecule has 0 spiro atoms. The third kappa shape index (κ3) is 2.62. The first-order chi connectivity index (χ1) is 6.06. The van der Waals surface area contributed by atoms with E-state index >= 15 is 0 Å². The van der Waals surface area contributed by atoms with Crippen LogP contribution in [-0.4, -0.2) is 16.8 Å². The summed E-state index contributed by atoms with van der Waals surface area (Å²) < 4.78 is 0. The molecule has 0 amide bonds. The first kappa shape index (κ1) is 13.3. The van der Waals surface area contributed by atoms with Crippen molar-refractivity contribution in [2.45, 2.75) is 19.8 Å². The lowest BCUT2D eigenvalue weighted by molar-refractivity contribution is 0.400. The SMILES string of the molecule is Br.Cc1cc(C(C)CN)cc(O)c1O. The Morgan fingerprint density at radius 2 is 1.93 bits per heavy atom. The van der Waals surface area contributed by atoms with Gasteiger partial charge >= 0.3 is 0 Å². The van der Waals surface area contributed by atoms with E-state index < -0.39 is 0 Å². The fraction of sp³-hybridized carbons (Fsp3) is 0.400. The first-order valence-corrected chi connectivity index (χ1v) is 4.28. The largest absolute Gasteiger partial charge is 0.504 e. The summed E-state index contributed by atoms with van der Waals surface area (Å²) in [6.07, 6.45) is 0. The van der Waals surface area contributed by atoms with Crippen molar-refractivity contribution in [3.63, 3.8) is 0 Å². The van der Waals surface area contributed by atoms with Crippen molar-refractivity contribution in [3.8, 4) is 11.5 Å². The van der Waals surface area contributed by atoms with Crippen LogP contribution < -0.4 is 5.73 Å². The molecule has 4 heteroatoms. The molecule has 0 saturated heterocycles. The van der Waals surface area contributed by atoms with Crippen LogP contribution in [0.2, 0.25) is 0 Å². The van der Waals surface area contributed by atoms with Gasteiger partial charge in [0.25, 0.3) is 0 Å². The maximum absolute atomic E-state index is 9.33. The van der Waals surface area contributed by atoms with Gasteiger partial charge in [0, 0.05) is 0 Å². The van der Waals surface area contributed by atoms with Crippen molar-refractivity contribution in [2.75, 3.05) is 6.54 Å². The molecule has 0 bridgehead atoms. The maximum Gasteiger partial charge on any atom is 0.160 e. The molecular weight excluding hydrogens is 246 g/mol. The predicted octanol–water partition coefficient (Wildman–Crippen LogP) is 2.05. The van der Waals surface area contributed by atoms with Gasteiger partial charge in [-0.3, -0.25) is 0 Å². The van der Waals surface area contributed by atoms with Crippen molar-refractivity contribution in [2.24, 2.45) is 5.73 Å². The van der Waals surface area contributed by atoms with E-state index in [1.807, 2.05) is 13.0 Å². The molecule has 0 radical (unpaired) electrons. The lowest BCUT2D eigenvalue weighted by atomic mass is 9.98. The lowest BCUT2D eigenvalue weighted by Crippen LogP contribution is -2.08. The average Bonchev–Trinajstić information content (AvgIpc) is 2.12. The van der Waals surface area contributed by atoms with Crippen molar-refractivity contribution in [1.29, 1.82) is 0 Å². The van der Waals surface area contributed by atoms with E-state index in [9.17, 15) is 10.2 Å². The summed E-state index contributed by atoms with van der Waals surface area (Å²) >= 11 is 0. The zero-order chi connectivity index (χ0) is 10.0. The number of nitrogens with two attached hydrogens (primary N) is 1. The summed E-state index contributed by atoms with van der Waals surface area (Å²) in [5.41, 5.74) is 7.13. The van der Waals surface area contributed by atoms with Crippen LogP contribution in [0.25, 0.3) is 0 Å². The van der Waals surface area contributed by atoms with Gasteiger partial charge in [0.2, 0.25) is 0 Å². The first-order valence-electron chi connectivity index (χ1n) is 4.28. The number of phenols is 2. The minimum absolute atomic E-state index is 0. The molecule has 0 aliphatic rings. The van der Waals surface area contributed by atoms with Crippen molar-refractivity contribution < 1.29 is 10.2 Å². The topological polar surface area (TPSA) is 66.5 Å². The Balaban J connectivity index is 0.00000169. The quantitative estimate of drug-likeness (QED) is 0.714. The van der Waals surface area contributed by atoms with Crippen molar-refractivity contribution >= 4 is 17.0 Å². The number of aromatic hydroxyl groups is 2. The molecule has 80 valence electrons. The van der Waals surface area contributed by atoms with Gasteiger partial charge in [-0.1, -0.05) is 13.0 Å². The number of phenolic OH excluding ortho intramolecular Hbond substituents is 2. The predicted molar refractivity (Wildman–Crippen MR) is 62.3 cm³/mol. The van der Waals surface area contributed by atoms with E-state index in [2.05, 4.69) is 0 Å². The fourth-order valence-corrected chi connectivity index (χ4v) is 1.21. The highest BCUT2D eigenvalue weighted by atomic mass is 79.9. The molecule has 14 heavy (non-hydrogen) atoms. The normalized spacial score (nSPS) is 11.9. The van der Waals surface area contributed by atoms with Gasteiger partial charge in [-0.25, -0.2) is 0 Å². The number of hydrogen-bond acceptors (Lipinski definition) is 3. The second-order valence-electron chi connectivity index (χ2n) is 3.34. The van der Waals surface area contributed by atoms with Crippen molar-refractivity contribution in [3.05, 3.63) is 23.3 Å². The summed E-state index contributed by atoms with van der Waals surface area (Å²) in [7, 11) is 0. The van der Waals surface area contributed by atoms with Gasteiger partial charge in [-0.05, 0) is 36.6 Å². The maximum atomic E-state index is 9.33. The molecule has 0 aliphatic heterocycles. The highest BCUT2D eigenvalue weighted by Crippen LogP contribution is 2.32. The monoisotopic (exact) mass is 261 g/mol. The minimum Gasteiger partial charge on any atom is -0.504 e. The Hall–Kier alpha value is -0.740. The van der Waals surface area contributed by atoms with Gasteiger partial charge in [0.15, 0.2) is 11.5 Å². The van der Waals surface area contributed by atoms with Crippen LogP contribution in [0.3, 0.4) is 0 Å². The Kier molecular flexibility index (Phi) is 4.94. The molecule has 0 aromatic heterocycles. The highest BCUT2D eigenvalue weighted by Gasteiger charge is 2.09. The molecule has 1 unspecified atom stereocenters. The minimum atomic E-state index is -0.0738. The molecule has 0 fully saturated rings. The smallest absolute Gasteiger partial charge is 0.160 e. The Labute approximate surface area is 94.3 Å². The van der Waals surface area contributed by atoms with Crippen LogP contribution in [-0.2, 0) is 0 Å². The second kappa shape index (κ2) is 5.22. The molecule has 1 aromatic rings. The summed E-state index contributed by atoms with van der Waals surface area (Å²) in [6, 6.07) is 3.40. The summed E-state index contributed by atoms with van der Waals surface area (Å²) in [5.74, 6) is 0.0773. The zero-order valence-corrected chi connectivity index (χ0v) is 10.0. The summed E-state index contributed by atoms with van der Waals surface area (Å²) in [5, 5.41) is 18.6. The van der Waals surface area contributed by atoms with Gasteiger partial charge < -0.3 is 15.9 Å². The van der Waals surface area contributed by atoms with E-state index in [-0.39, 0.29) is 34.4 Å². The lowest BCUT2D eigenvalue weighted by Gasteiger charge is -2.11. The van der Waals surface area contributed by atoms with Crippen molar-refractivity contribution in [1.82, 2.24) is 0 Å². The summed E-state index contributed by atoms with van der Waals surface area (Å²) in [4.78, 5) is 0. The van der Waals surface area contributed by atoms with Gasteiger partial charge in [0.05, 0.1) is 0 Å². The van der Waals surface area contributed by atoms with E-state index in [0.29, 0.717) is 12.1 Å². The van der Waals surface area contributed by atoms with Crippen LogP contribution in [0.15, 0.2) is 12.1 Å². The van der Waals surface area contributed by atoms with Crippen LogP contribution in [0.1, 0.15) is 24.0 Å². The Bertz CT molecular complexity index is 292. The molecule has 1 rings (SSSR count). The third-order valence-electron chi connectivity index (χ3n) is 2.23. The molecule has 1 atom stereocenters. The number of halogens is 1. The molecule has 3 nitrogen and oxygen atoms in total. The third-order valence-corrected chi connectivity index (χ3v) is 2.23. The zero-order valence-electron chi connectivity index (χ0n) is 8.32. The van der Waals surface area contributed by atoms with Crippen LogP contribution in [0.4, 0.5) is 0 Å². The molecule has 0 heterocycles. The number of benzene rings is 1. The van der Waals surface area contributed by atoms with E-state index in [1.165, 1.54) is 0 Å². The molecule has 4 N–H and O–H groups in total. The molecule has 0 saturated carbocycles. The average molecular weight is 262 g/mol. The van der Waals surface area contributed by atoms with E-state index in [1.54, 1.807) is 13.0 Å². The second-order valence-corrected chi connectivity index (χ2v) is 3.34. The van der Waals surface area contributed by atoms with Crippen LogP contribution in [0.5, 0.6) is 11.5 Å². The van der Waals surface area contributed by atoms with E-state index in [0.717, 1.165) is 5.56 Å². The standard InChI is InChI=1S/C10H15NO2.BrH/c1-6-3-8(7(2)5-11)4-9(12)10(6)13;/h3-4,7,12-13H,5,11H2,1-2H3;1H. The number of rotatable bonds is 2. The fourth-order valence-electron chi connectivity index (χ4n) is 1.21. The van der Waals surface area contributed by atoms with Gasteiger partial charge in [0.1, 0.15) is 0 Å². The Morgan fingerprint density at radius 3 is 2.36 bits per heavy atom. The highest BCUT2D eigenvalue weighted by molar-refractivity contribution is 8.93. The Morgan fingerprint density at radius 1 is 1.36 bits per heavy atom. The molecule has 0 aliphatic carbocycles. The number of hydrogen-bond donors (Lipinski definition) is 3. The number of aryl methyl sites for hydroxylation is 1. The molecular formula is C10H16BrNO2. The molecule has 1 aromatic carbocycles. The van der Waals surface area contributed by atoms with Gasteiger partial charge in [-0.15, -0.1) is 17.0 Å². The van der Waals surface area contributed by atoms with Gasteiger partial charge in [-0.2, -0.15) is 0 Å². The van der Waals surface area contributed by atoms with Crippen LogP contribution >= 0.6 is 17.0 Å². The van der Waals surface area contributed by atoms with E-state index in [4.69, 9.17) is 5.73 Å².